The summed E-state index contributed by atoms with van der Waals surface area (Å²) in [6.07, 6.45) is 2.52. The molecule has 0 aliphatic carbocycles. The van der Waals surface area contributed by atoms with Crippen molar-refractivity contribution in [3.8, 4) is 11.5 Å². The summed E-state index contributed by atoms with van der Waals surface area (Å²) < 4.78 is 11.2. The summed E-state index contributed by atoms with van der Waals surface area (Å²) in [7, 11) is 0. The standard InChI is InChI=1S/C18H29NO2/c1-4-20-17-6-8-18(9-7-17)21-11-5-10-19-13-15(2)12-16(3)14-19/h6-9,15-16H,4-5,10-14H2,1-3H3/p+1/t15-,16-/m0/s1. The molecule has 1 fully saturated rings. The molecule has 1 heterocycles. The second-order valence-corrected chi connectivity index (χ2v) is 6.46. The Kier molecular flexibility index (Phi) is 6.37. The molecule has 0 unspecified atom stereocenters. The molecule has 0 bridgehead atoms. The highest BCUT2D eigenvalue weighted by Crippen LogP contribution is 2.17. The number of piperidine rings is 1. The van der Waals surface area contributed by atoms with Crippen molar-refractivity contribution in [2.75, 3.05) is 32.8 Å². The molecule has 1 N–H and O–H groups in total. The lowest BCUT2D eigenvalue weighted by Gasteiger charge is -2.31. The van der Waals surface area contributed by atoms with Gasteiger partial charge in [-0.1, -0.05) is 13.8 Å². The van der Waals surface area contributed by atoms with Crippen LogP contribution >= 0.6 is 0 Å². The van der Waals surface area contributed by atoms with Gasteiger partial charge in [0.1, 0.15) is 11.5 Å². The Hall–Kier alpha value is -1.22. The molecule has 1 aromatic carbocycles. The third-order valence-corrected chi connectivity index (χ3v) is 4.16. The lowest BCUT2D eigenvalue weighted by atomic mass is 9.92. The van der Waals surface area contributed by atoms with E-state index in [0.29, 0.717) is 6.61 Å². The number of hydrogen-bond acceptors (Lipinski definition) is 2. The smallest absolute Gasteiger partial charge is 0.119 e. The minimum absolute atomic E-state index is 0.704. The Morgan fingerprint density at radius 3 is 2.14 bits per heavy atom. The molecule has 1 aliphatic heterocycles. The third kappa shape index (κ3) is 5.58. The van der Waals surface area contributed by atoms with Crippen LogP contribution in [0.15, 0.2) is 24.3 Å². The Balaban J connectivity index is 1.65. The third-order valence-electron chi connectivity index (χ3n) is 4.16. The lowest BCUT2D eigenvalue weighted by Crippen LogP contribution is -3.14. The number of rotatable bonds is 7. The number of likely N-dealkylation sites (tertiary alicyclic amines) is 1. The van der Waals surface area contributed by atoms with Crippen LogP contribution in [0.25, 0.3) is 0 Å². The quantitative estimate of drug-likeness (QED) is 0.780. The van der Waals surface area contributed by atoms with E-state index >= 15 is 0 Å². The number of benzene rings is 1. The number of nitrogens with one attached hydrogen (secondary N) is 1. The van der Waals surface area contributed by atoms with Gasteiger partial charge in [0.15, 0.2) is 0 Å². The first-order valence-corrected chi connectivity index (χ1v) is 8.36. The summed E-state index contributed by atoms with van der Waals surface area (Å²) in [6.45, 7) is 12.1. The van der Waals surface area contributed by atoms with E-state index in [1.165, 1.54) is 26.1 Å². The van der Waals surface area contributed by atoms with Gasteiger partial charge in [-0.3, -0.25) is 0 Å². The average molecular weight is 292 g/mol. The van der Waals surface area contributed by atoms with Crippen molar-refractivity contribution in [3.05, 3.63) is 24.3 Å². The van der Waals surface area contributed by atoms with Gasteiger partial charge in [0.05, 0.1) is 32.8 Å². The largest absolute Gasteiger partial charge is 0.494 e. The minimum atomic E-state index is 0.704. The molecule has 2 atom stereocenters. The van der Waals surface area contributed by atoms with Crippen LogP contribution in [0.4, 0.5) is 0 Å². The SMILES string of the molecule is CCOc1ccc(OCCC[NH+]2C[C@@H](C)C[C@H](C)C2)cc1. The molecule has 0 radical (unpaired) electrons. The highest BCUT2D eigenvalue weighted by Gasteiger charge is 2.24. The Labute approximate surface area is 129 Å². The molecule has 3 nitrogen and oxygen atoms in total. The Bertz CT molecular complexity index is 394. The monoisotopic (exact) mass is 292 g/mol. The summed E-state index contributed by atoms with van der Waals surface area (Å²) in [5, 5.41) is 0. The van der Waals surface area contributed by atoms with Gasteiger partial charge in [0.25, 0.3) is 0 Å². The maximum Gasteiger partial charge on any atom is 0.119 e. The Morgan fingerprint density at radius 1 is 1.00 bits per heavy atom. The van der Waals surface area contributed by atoms with Crippen molar-refractivity contribution in [3.63, 3.8) is 0 Å². The van der Waals surface area contributed by atoms with Gasteiger partial charge in [-0.2, -0.15) is 0 Å². The van der Waals surface area contributed by atoms with E-state index in [2.05, 4.69) is 13.8 Å². The van der Waals surface area contributed by atoms with Crippen molar-refractivity contribution in [1.82, 2.24) is 0 Å². The molecule has 0 saturated carbocycles. The molecule has 0 spiro atoms. The molecule has 1 saturated heterocycles. The summed E-state index contributed by atoms with van der Waals surface area (Å²) in [5.41, 5.74) is 0. The summed E-state index contributed by atoms with van der Waals surface area (Å²) in [5.74, 6) is 3.59. The predicted molar refractivity (Wildman–Crippen MR) is 86.2 cm³/mol. The Morgan fingerprint density at radius 2 is 1.57 bits per heavy atom. The maximum absolute atomic E-state index is 5.81. The van der Waals surface area contributed by atoms with Crippen molar-refractivity contribution >= 4 is 0 Å². The highest BCUT2D eigenvalue weighted by molar-refractivity contribution is 5.31. The molecular weight excluding hydrogens is 262 g/mol. The fourth-order valence-corrected chi connectivity index (χ4v) is 3.44. The zero-order valence-electron chi connectivity index (χ0n) is 13.7. The van der Waals surface area contributed by atoms with E-state index in [1.54, 1.807) is 4.90 Å². The van der Waals surface area contributed by atoms with Gasteiger partial charge < -0.3 is 14.4 Å². The van der Waals surface area contributed by atoms with Crippen LogP contribution in [0.2, 0.25) is 0 Å². The average Bonchev–Trinajstić information content (AvgIpc) is 2.45. The van der Waals surface area contributed by atoms with Crippen molar-refractivity contribution in [2.24, 2.45) is 11.8 Å². The van der Waals surface area contributed by atoms with Crippen LogP contribution in [0.1, 0.15) is 33.6 Å². The highest BCUT2D eigenvalue weighted by atomic mass is 16.5. The fourth-order valence-electron chi connectivity index (χ4n) is 3.44. The summed E-state index contributed by atoms with van der Waals surface area (Å²) in [4.78, 5) is 1.75. The fraction of sp³-hybridized carbons (Fsp3) is 0.667. The van der Waals surface area contributed by atoms with Crippen LogP contribution in [-0.2, 0) is 0 Å². The van der Waals surface area contributed by atoms with Gasteiger partial charge in [-0.15, -0.1) is 0 Å². The van der Waals surface area contributed by atoms with Crippen molar-refractivity contribution < 1.29 is 14.4 Å². The van der Waals surface area contributed by atoms with E-state index in [0.717, 1.165) is 36.4 Å². The number of ether oxygens (including phenoxy) is 2. The second-order valence-electron chi connectivity index (χ2n) is 6.46. The molecule has 118 valence electrons. The van der Waals surface area contributed by atoms with Crippen LogP contribution in [0, 0.1) is 11.8 Å². The molecule has 0 amide bonds. The van der Waals surface area contributed by atoms with Crippen molar-refractivity contribution in [1.29, 1.82) is 0 Å². The zero-order valence-corrected chi connectivity index (χ0v) is 13.7. The normalized spacial score (nSPS) is 25.6. The van der Waals surface area contributed by atoms with E-state index in [-0.39, 0.29) is 0 Å². The van der Waals surface area contributed by atoms with E-state index in [9.17, 15) is 0 Å². The van der Waals surface area contributed by atoms with Crippen LogP contribution in [0.3, 0.4) is 0 Å². The first-order valence-electron chi connectivity index (χ1n) is 8.36. The molecule has 3 heteroatoms. The second kappa shape index (κ2) is 8.28. The maximum atomic E-state index is 5.81. The van der Waals surface area contributed by atoms with Gasteiger partial charge >= 0.3 is 0 Å². The van der Waals surface area contributed by atoms with Gasteiger partial charge in [0, 0.05) is 18.3 Å². The first kappa shape index (κ1) is 16.2. The molecule has 1 aromatic rings. The molecule has 2 rings (SSSR count). The number of quaternary nitrogens is 1. The molecule has 1 aliphatic rings. The van der Waals surface area contributed by atoms with E-state index in [4.69, 9.17) is 9.47 Å². The lowest BCUT2D eigenvalue weighted by molar-refractivity contribution is -0.912. The topological polar surface area (TPSA) is 22.9 Å². The molecular formula is C18H30NO2+. The molecule has 21 heavy (non-hydrogen) atoms. The van der Waals surface area contributed by atoms with Gasteiger partial charge in [-0.25, -0.2) is 0 Å². The molecule has 0 aromatic heterocycles. The van der Waals surface area contributed by atoms with E-state index in [1.807, 2.05) is 31.2 Å². The van der Waals surface area contributed by atoms with Crippen LogP contribution < -0.4 is 14.4 Å². The van der Waals surface area contributed by atoms with Gasteiger partial charge in [-0.05, 0) is 37.6 Å². The minimum Gasteiger partial charge on any atom is -0.494 e. The van der Waals surface area contributed by atoms with Gasteiger partial charge in [0.2, 0.25) is 0 Å². The zero-order chi connectivity index (χ0) is 15.1. The summed E-state index contributed by atoms with van der Waals surface area (Å²) in [6, 6.07) is 7.92. The van der Waals surface area contributed by atoms with Crippen molar-refractivity contribution in [2.45, 2.75) is 33.6 Å². The van der Waals surface area contributed by atoms with Crippen LogP contribution in [0.5, 0.6) is 11.5 Å². The summed E-state index contributed by atoms with van der Waals surface area (Å²) >= 11 is 0. The van der Waals surface area contributed by atoms with E-state index < -0.39 is 0 Å². The number of hydrogen-bond donors (Lipinski definition) is 1. The van der Waals surface area contributed by atoms with Crippen LogP contribution in [-0.4, -0.2) is 32.8 Å². The first-order chi connectivity index (χ1) is 10.2. The predicted octanol–water partition coefficient (Wildman–Crippen LogP) is 2.42.